The van der Waals surface area contributed by atoms with Gasteiger partial charge in [-0.15, -0.1) is 11.8 Å². The standard InChI is InChI=1S/C20H29NO3S/c1-4-21(15-8-10-24-11-9-15)19-13-17(25-16-6-5-7-16)12-18(14(19)2)20(22)23-3/h12-13,15-16H,4-11H2,1-3H3. The Morgan fingerprint density at radius 3 is 2.56 bits per heavy atom. The van der Waals surface area contributed by atoms with Gasteiger partial charge in [-0.3, -0.25) is 0 Å². The van der Waals surface area contributed by atoms with Crippen molar-refractivity contribution in [3.05, 3.63) is 23.3 Å². The van der Waals surface area contributed by atoms with Crippen LogP contribution in [0.4, 0.5) is 5.69 Å². The highest BCUT2D eigenvalue weighted by molar-refractivity contribution is 8.00. The number of ether oxygens (including phenoxy) is 2. The van der Waals surface area contributed by atoms with Gasteiger partial charge >= 0.3 is 5.97 Å². The maximum atomic E-state index is 12.3. The summed E-state index contributed by atoms with van der Waals surface area (Å²) in [6.07, 6.45) is 5.96. The van der Waals surface area contributed by atoms with E-state index in [1.54, 1.807) is 0 Å². The van der Waals surface area contributed by atoms with Crippen LogP contribution >= 0.6 is 11.8 Å². The predicted molar refractivity (Wildman–Crippen MR) is 103 cm³/mol. The van der Waals surface area contributed by atoms with Crippen LogP contribution in [0.25, 0.3) is 0 Å². The molecular formula is C20H29NO3S. The Balaban J connectivity index is 1.96. The van der Waals surface area contributed by atoms with Crippen LogP contribution in [0.15, 0.2) is 17.0 Å². The number of thioether (sulfide) groups is 1. The molecule has 1 heterocycles. The Bertz CT molecular complexity index is 609. The number of anilines is 1. The average Bonchev–Trinajstić information content (AvgIpc) is 2.61. The van der Waals surface area contributed by atoms with E-state index in [2.05, 4.69) is 17.9 Å². The van der Waals surface area contributed by atoms with Crippen LogP contribution in [-0.4, -0.2) is 44.1 Å². The normalized spacial score (nSPS) is 18.7. The summed E-state index contributed by atoms with van der Waals surface area (Å²) in [4.78, 5) is 16.0. The molecule has 0 bridgehead atoms. The number of benzene rings is 1. The van der Waals surface area contributed by atoms with Gasteiger partial charge in [-0.05, 0) is 57.2 Å². The van der Waals surface area contributed by atoms with Crippen molar-refractivity contribution in [1.82, 2.24) is 0 Å². The second-order valence-electron chi connectivity index (χ2n) is 6.91. The summed E-state index contributed by atoms with van der Waals surface area (Å²) in [7, 11) is 1.46. The van der Waals surface area contributed by atoms with E-state index in [0.717, 1.165) is 38.2 Å². The van der Waals surface area contributed by atoms with E-state index >= 15 is 0 Å². The average molecular weight is 364 g/mol. The van der Waals surface area contributed by atoms with Gasteiger partial charge in [0.2, 0.25) is 0 Å². The van der Waals surface area contributed by atoms with Crippen LogP contribution in [0, 0.1) is 6.92 Å². The van der Waals surface area contributed by atoms with E-state index in [0.29, 0.717) is 16.9 Å². The van der Waals surface area contributed by atoms with E-state index in [9.17, 15) is 4.79 Å². The molecular weight excluding hydrogens is 334 g/mol. The minimum absolute atomic E-state index is 0.238. The summed E-state index contributed by atoms with van der Waals surface area (Å²) in [5, 5.41) is 0.694. The molecule has 0 atom stereocenters. The number of nitrogens with zero attached hydrogens (tertiary/aromatic N) is 1. The molecule has 0 unspecified atom stereocenters. The van der Waals surface area contributed by atoms with E-state index < -0.39 is 0 Å². The predicted octanol–water partition coefficient (Wildman–Crippen LogP) is 4.43. The van der Waals surface area contributed by atoms with Crippen molar-refractivity contribution in [2.75, 3.05) is 31.8 Å². The quantitative estimate of drug-likeness (QED) is 0.699. The summed E-state index contributed by atoms with van der Waals surface area (Å²) >= 11 is 1.91. The van der Waals surface area contributed by atoms with Crippen molar-refractivity contribution in [3.8, 4) is 0 Å². The first-order valence-corrected chi connectivity index (χ1v) is 10.3. The van der Waals surface area contributed by atoms with Crippen molar-refractivity contribution >= 4 is 23.4 Å². The Kier molecular flexibility index (Phi) is 6.29. The number of methoxy groups -OCH3 is 1. The van der Waals surface area contributed by atoms with Gasteiger partial charge in [-0.1, -0.05) is 6.42 Å². The number of carbonyl (C=O) groups excluding carboxylic acids is 1. The van der Waals surface area contributed by atoms with Gasteiger partial charge < -0.3 is 14.4 Å². The number of carbonyl (C=O) groups is 1. The Morgan fingerprint density at radius 2 is 2.00 bits per heavy atom. The SMILES string of the molecule is CCN(c1cc(SC2CCC2)cc(C(=O)OC)c1C)C1CCOCC1. The maximum absolute atomic E-state index is 12.3. The van der Waals surface area contributed by atoms with E-state index in [1.165, 1.54) is 37.0 Å². The molecule has 3 rings (SSSR count). The highest BCUT2D eigenvalue weighted by Crippen LogP contribution is 2.40. The van der Waals surface area contributed by atoms with Crippen LogP contribution in [0.2, 0.25) is 0 Å². The summed E-state index contributed by atoms with van der Waals surface area (Å²) in [5.41, 5.74) is 2.91. The number of hydrogen-bond acceptors (Lipinski definition) is 5. The molecule has 1 saturated carbocycles. The molecule has 1 aromatic carbocycles. The van der Waals surface area contributed by atoms with Crippen LogP contribution in [-0.2, 0) is 9.47 Å². The zero-order valence-corrected chi connectivity index (χ0v) is 16.4. The fourth-order valence-electron chi connectivity index (χ4n) is 3.66. The fraction of sp³-hybridized carbons (Fsp3) is 0.650. The van der Waals surface area contributed by atoms with Gasteiger partial charge in [0.25, 0.3) is 0 Å². The molecule has 1 aliphatic carbocycles. The zero-order chi connectivity index (χ0) is 17.8. The monoisotopic (exact) mass is 363 g/mol. The molecule has 1 aromatic rings. The molecule has 1 saturated heterocycles. The zero-order valence-electron chi connectivity index (χ0n) is 15.5. The molecule has 0 aromatic heterocycles. The van der Waals surface area contributed by atoms with Gasteiger partial charge in [-0.2, -0.15) is 0 Å². The third-order valence-corrected chi connectivity index (χ3v) is 6.71. The molecule has 0 amide bonds. The van der Waals surface area contributed by atoms with Crippen LogP contribution in [0.5, 0.6) is 0 Å². The van der Waals surface area contributed by atoms with E-state index in [1.807, 2.05) is 24.8 Å². The molecule has 0 spiro atoms. The Hall–Kier alpha value is -1.20. The lowest BCUT2D eigenvalue weighted by molar-refractivity contribution is 0.0599. The summed E-state index contributed by atoms with van der Waals surface area (Å²) in [6, 6.07) is 4.78. The first kappa shape index (κ1) is 18.6. The fourth-order valence-corrected chi connectivity index (χ4v) is 4.98. The van der Waals surface area contributed by atoms with Crippen molar-refractivity contribution in [3.63, 3.8) is 0 Å². The number of esters is 1. The lowest BCUT2D eigenvalue weighted by atomic mass is 10.00. The highest BCUT2D eigenvalue weighted by atomic mass is 32.2. The molecule has 2 fully saturated rings. The lowest BCUT2D eigenvalue weighted by Gasteiger charge is -2.37. The number of rotatable bonds is 6. The maximum Gasteiger partial charge on any atom is 0.338 e. The summed E-state index contributed by atoms with van der Waals surface area (Å²) in [6.45, 7) is 6.81. The molecule has 0 N–H and O–H groups in total. The van der Waals surface area contributed by atoms with Gasteiger partial charge in [0, 0.05) is 41.6 Å². The second kappa shape index (κ2) is 8.45. The molecule has 2 aliphatic rings. The first-order valence-electron chi connectivity index (χ1n) is 9.38. The Labute approximate surface area is 155 Å². The second-order valence-corrected chi connectivity index (χ2v) is 8.28. The Morgan fingerprint density at radius 1 is 1.28 bits per heavy atom. The first-order chi connectivity index (χ1) is 12.1. The van der Waals surface area contributed by atoms with Crippen molar-refractivity contribution in [1.29, 1.82) is 0 Å². The highest BCUT2D eigenvalue weighted by Gasteiger charge is 2.26. The van der Waals surface area contributed by atoms with E-state index in [-0.39, 0.29) is 5.97 Å². The van der Waals surface area contributed by atoms with Gasteiger partial charge in [-0.25, -0.2) is 4.79 Å². The van der Waals surface area contributed by atoms with Gasteiger partial charge in [0.15, 0.2) is 0 Å². The van der Waals surface area contributed by atoms with Crippen LogP contribution in [0.1, 0.15) is 54.9 Å². The van der Waals surface area contributed by atoms with Gasteiger partial charge in [0.1, 0.15) is 0 Å². The molecule has 5 heteroatoms. The van der Waals surface area contributed by atoms with Crippen molar-refractivity contribution in [2.45, 2.75) is 62.1 Å². The number of hydrogen-bond donors (Lipinski definition) is 0. The molecule has 4 nitrogen and oxygen atoms in total. The van der Waals surface area contributed by atoms with Crippen molar-refractivity contribution in [2.24, 2.45) is 0 Å². The summed E-state index contributed by atoms with van der Waals surface area (Å²) < 4.78 is 10.6. The third kappa shape index (κ3) is 4.14. The molecule has 1 aliphatic heterocycles. The topological polar surface area (TPSA) is 38.8 Å². The van der Waals surface area contributed by atoms with Crippen LogP contribution in [0.3, 0.4) is 0 Å². The third-order valence-electron chi connectivity index (χ3n) is 5.40. The minimum Gasteiger partial charge on any atom is -0.465 e. The molecule has 138 valence electrons. The van der Waals surface area contributed by atoms with E-state index in [4.69, 9.17) is 9.47 Å². The summed E-state index contributed by atoms with van der Waals surface area (Å²) in [5.74, 6) is -0.238. The molecule has 0 radical (unpaired) electrons. The minimum atomic E-state index is -0.238. The smallest absolute Gasteiger partial charge is 0.338 e. The van der Waals surface area contributed by atoms with Crippen molar-refractivity contribution < 1.29 is 14.3 Å². The largest absolute Gasteiger partial charge is 0.465 e. The van der Waals surface area contributed by atoms with Crippen LogP contribution < -0.4 is 4.90 Å². The molecule has 25 heavy (non-hydrogen) atoms. The van der Waals surface area contributed by atoms with Gasteiger partial charge in [0.05, 0.1) is 12.7 Å². The lowest BCUT2D eigenvalue weighted by Crippen LogP contribution is -2.40.